The van der Waals surface area contributed by atoms with Crippen LogP contribution in [0.4, 0.5) is 18.9 Å². The van der Waals surface area contributed by atoms with Gasteiger partial charge in [0.2, 0.25) is 0 Å². The standard InChI is InChI=1S/C31H22BrF3N4O3/c1-19-9-12-23(13-10-19)37-28(40)18-42-27-14-11-20(15-25(27)32)17-36-39-29(21-5-4-6-22(16-21)31(33,34)35)38-26-8-3-2-7-24(26)30(39)41/h2-17H,18H2,1H3,(H,37,40). The molecule has 7 nitrogen and oxygen atoms in total. The number of nitrogens with zero attached hydrogens (tertiary/aromatic N) is 3. The highest BCUT2D eigenvalue weighted by Crippen LogP contribution is 2.32. The fourth-order valence-electron chi connectivity index (χ4n) is 4.07. The summed E-state index contributed by atoms with van der Waals surface area (Å²) < 4.78 is 47.4. The Morgan fingerprint density at radius 3 is 2.52 bits per heavy atom. The van der Waals surface area contributed by atoms with Gasteiger partial charge in [-0.25, -0.2) is 4.98 Å². The number of hydrogen-bond donors (Lipinski definition) is 1. The Bertz CT molecular complexity index is 1870. The number of carbonyl (C=O) groups excluding carboxylic acids is 1. The molecule has 0 atom stereocenters. The van der Waals surface area contributed by atoms with Gasteiger partial charge in [-0.05, 0) is 83.0 Å². The van der Waals surface area contributed by atoms with Crippen molar-refractivity contribution < 1.29 is 22.7 Å². The minimum absolute atomic E-state index is 0.0420. The molecule has 1 N–H and O–H groups in total. The second-order valence-electron chi connectivity index (χ2n) is 9.29. The number of aryl methyl sites for hydroxylation is 1. The lowest BCUT2D eigenvalue weighted by Crippen LogP contribution is -2.20. The second kappa shape index (κ2) is 12.0. The Morgan fingerprint density at radius 2 is 1.79 bits per heavy atom. The minimum Gasteiger partial charge on any atom is -0.483 e. The number of aromatic nitrogens is 2. The van der Waals surface area contributed by atoms with Crippen LogP contribution in [0.25, 0.3) is 22.3 Å². The molecule has 11 heteroatoms. The van der Waals surface area contributed by atoms with Crippen molar-refractivity contribution >= 4 is 44.6 Å². The molecular weight excluding hydrogens is 613 g/mol. The number of hydrogen-bond acceptors (Lipinski definition) is 5. The third kappa shape index (κ3) is 6.58. The molecule has 0 bridgehead atoms. The van der Waals surface area contributed by atoms with Crippen LogP contribution in [0.5, 0.6) is 5.75 Å². The van der Waals surface area contributed by atoms with Gasteiger partial charge in [0.25, 0.3) is 11.5 Å². The number of benzene rings is 4. The summed E-state index contributed by atoms with van der Waals surface area (Å²) in [4.78, 5) is 30.1. The highest BCUT2D eigenvalue weighted by molar-refractivity contribution is 9.10. The van der Waals surface area contributed by atoms with Crippen LogP contribution in [0.15, 0.2) is 105 Å². The van der Waals surface area contributed by atoms with Gasteiger partial charge in [0.15, 0.2) is 12.4 Å². The number of fused-ring (bicyclic) bond motifs is 1. The first-order chi connectivity index (χ1) is 20.1. The molecule has 0 aliphatic carbocycles. The average molecular weight is 635 g/mol. The van der Waals surface area contributed by atoms with E-state index >= 15 is 0 Å². The van der Waals surface area contributed by atoms with E-state index in [4.69, 9.17) is 4.74 Å². The van der Waals surface area contributed by atoms with E-state index in [1.54, 1.807) is 54.6 Å². The highest BCUT2D eigenvalue weighted by Gasteiger charge is 2.31. The summed E-state index contributed by atoms with van der Waals surface area (Å²) in [7, 11) is 0. The predicted molar refractivity (Wildman–Crippen MR) is 159 cm³/mol. The molecule has 0 radical (unpaired) electrons. The van der Waals surface area contributed by atoms with Gasteiger partial charge in [0.1, 0.15) is 5.75 Å². The fraction of sp³-hybridized carbons (Fsp3) is 0.0968. The van der Waals surface area contributed by atoms with Crippen molar-refractivity contribution in [2.24, 2.45) is 5.10 Å². The molecule has 4 aromatic carbocycles. The smallest absolute Gasteiger partial charge is 0.416 e. The molecule has 0 saturated carbocycles. The van der Waals surface area contributed by atoms with Crippen molar-refractivity contribution in [1.29, 1.82) is 0 Å². The second-order valence-corrected chi connectivity index (χ2v) is 10.1. The van der Waals surface area contributed by atoms with Crippen molar-refractivity contribution in [2.75, 3.05) is 11.9 Å². The zero-order valence-corrected chi connectivity index (χ0v) is 23.6. The molecule has 5 aromatic rings. The fourth-order valence-corrected chi connectivity index (χ4v) is 4.58. The molecule has 0 spiro atoms. The van der Waals surface area contributed by atoms with Gasteiger partial charge in [0.05, 0.1) is 27.2 Å². The zero-order chi connectivity index (χ0) is 29.9. The summed E-state index contributed by atoms with van der Waals surface area (Å²) in [5.41, 5.74) is 1.28. The normalized spacial score (nSPS) is 11.6. The Kier molecular flexibility index (Phi) is 8.21. The van der Waals surface area contributed by atoms with Crippen molar-refractivity contribution in [3.63, 3.8) is 0 Å². The maximum atomic E-state index is 13.4. The largest absolute Gasteiger partial charge is 0.483 e. The van der Waals surface area contributed by atoms with Crippen molar-refractivity contribution in [1.82, 2.24) is 9.66 Å². The van der Waals surface area contributed by atoms with Crippen molar-refractivity contribution in [2.45, 2.75) is 13.1 Å². The number of ether oxygens (including phenoxy) is 1. The lowest BCUT2D eigenvalue weighted by atomic mass is 10.1. The van der Waals surface area contributed by atoms with Gasteiger partial charge in [-0.1, -0.05) is 42.0 Å². The van der Waals surface area contributed by atoms with E-state index < -0.39 is 17.3 Å². The van der Waals surface area contributed by atoms with Gasteiger partial charge in [-0.3, -0.25) is 9.59 Å². The molecule has 42 heavy (non-hydrogen) atoms. The molecule has 0 saturated heterocycles. The molecule has 0 unspecified atom stereocenters. The van der Waals surface area contributed by atoms with E-state index in [9.17, 15) is 22.8 Å². The topological polar surface area (TPSA) is 85.6 Å². The molecule has 0 fully saturated rings. The molecule has 1 heterocycles. The number of alkyl halides is 3. The van der Waals surface area contributed by atoms with Crippen LogP contribution in [-0.4, -0.2) is 28.4 Å². The number of anilines is 1. The van der Waals surface area contributed by atoms with E-state index in [0.29, 0.717) is 27.0 Å². The van der Waals surface area contributed by atoms with Gasteiger partial charge < -0.3 is 10.1 Å². The third-order valence-electron chi connectivity index (χ3n) is 6.17. The first-order valence-electron chi connectivity index (χ1n) is 12.6. The summed E-state index contributed by atoms with van der Waals surface area (Å²) in [6, 6.07) is 23.4. The summed E-state index contributed by atoms with van der Waals surface area (Å²) >= 11 is 3.42. The Labute approximate surface area is 246 Å². The van der Waals surface area contributed by atoms with Crippen LogP contribution < -0.4 is 15.6 Å². The van der Waals surface area contributed by atoms with E-state index in [0.717, 1.165) is 22.4 Å². The van der Waals surface area contributed by atoms with E-state index in [2.05, 4.69) is 31.3 Å². The van der Waals surface area contributed by atoms with Gasteiger partial charge >= 0.3 is 6.18 Å². The van der Waals surface area contributed by atoms with Crippen LogP contribution in [0.1, 0.15) is 16.7 Å². The molecular formula is C31H22BrF3N4O3. The molecule has 1 aromatic heterocycles. The van der Waals surface area contributed by atoms with Gasteiger partial charge in [-0.2, -0.15) is 22.9 Å². The van der Waals surface area contributed by atoms with Crippen molar-refractivity contribution in [3.05, 3.63) is 123 Å². The molecule has 212 valence electrons. The van der Waals surface area contributed by atoms with E-state index in [1.165, 1.54) is 18.3 Å². The number of nitrogens with one attached hydrogen (secondary N) is 1. The van der Waals surface area contributed by atoms with Gasteiger partial charge in [-0.15, -0.1) is 0 Å². The summed E-state index contributed by atoms with van der Waals surface area (Å²) in [6.07, 6.45) is -3.19. The maximum absolute atomic E-state index is 13.4. The quantitative estimate of drug-likeness (QED) is 0.194. The van der Waals surface area contributed by atoms with Crippen LogP contribution in [-0.2, 0) is 11.0 Å². The van der Waals surface area contributed by atoms with E-state index in [-0.39, 0.29) is 29.3 Å². The van der Waals surface area contributed by atoms with E-state index in [1.807, 2.05) is 19.1 Å². The lowest BCUT2D eigenvalue weighted by molar-refractivity contribution is -0.137. The number of halogens is 4. The monoisotopic (exact) mass is 634 g/mol. The Balaban J connectivity index is 1.40. The van der Waals surface area contributed by atoms with Crippen molar-refractivity contribution in [3.8, 4) is 17.1 Å². The zero-order valence-electron chi connectivity index (χ0n) is 22.0. The highest BCUT2D eigenvalue weighted by atomic mass is 79.9. The number of amides is 1. The van der Waals surface area contributed by atoms with Crippen LogP contribution in [0.3, 0.4) is 0 Å². The Hall–Kier alpha value is -4.77. The number of para-hydroxylation sites is 1. The van der Waals surface area contributed by atoms with Crippen LogP contribution in [0.2, 0.25) is 0 Å². The average Bonchev–Trinajstić information content (AvgIpc) is 2.97. The molecule has 0 aliphatic heterocycles. The third-order valence-corrected chi connectivity index (χ3v) is 6.79. The first-order valence-corrected chi connectivity index (χ1v) is 13.4. The summed E-state index contributed by atoms with van der Waals surface area (Å²) in [5, 5.41) is 7.32. The molecule has 0 aliphatic rings. The number of rotatable bonds is 7. The molecule has 1 amide bonds. The summed E-state index contributed by atoms with van der Waals surface area (Å²) in [6.45, 7) is 1.73. The van der Waals surface area contributed by atoms with Gasteiger partial charge in [0, 0.05) is 11.3 Å². The Morgan fingerprint density at radius 1 is 1.02 bits per heavy atom. The SMILES string of the molecule is Cc1ccc(NC(=O)COc2ccc(C=Nn3c(-c4cccc(C(F)(F)F)c4)nc4ccccc4c3=O)cc2Br)cc1. The first kappa shape index (κ1) is 28.7. The predicted octanol–water partition coefficient (Wildman–Crippen LogP) is 7.05. The van der Waals surface area contributed by atoms with Crippen LogP contribution in [0, 0.1) is 6.92 Å². The minimum atomic E-state index is -4.57. The van der Waals surface area contributed by atoms with Crippen LogP contribution >= 0.6 is 15.9 Å². The molecule has 5 rings (SSSR count). The maximum Gasteiger partial charge on any atom is 0.416 e. The summed E-state index contributed by atoms with van der Waals surface area (Å²) in [5.74, 6) is 0.0294. The number of carbonyl (C=O) groups is 1. The lowest BCUT2D eigenvalue weighted by Gasteiger charge is -2.12.